The van der Waals surface area contributed by atoms with Crippen LogP contribution < -0.4 is 5.48 Å². The van der Waals surface area contributed by atoms with Crippen LogP contribution in [0.3, 0.4) is 0 Å². The van der Waals surface area contributed by atoms with Crippen LogP contribution in [0.5, 0.6) is 0 Å². The summed E-state index contributed by atoms with van der Waals surface area (Å²) in [4.78, 5) is 23.3. The topological polar surface area (TPSA) is 75.3 Å². The molecule has 0 saturated heterocycles. The molecule has 0 heterocycles. The number of carbonyl (C=O) groups is 2. The molecule has 0 fully saturated rings. The Balaban J connectivity index is 3.39. The number of hydrogen-bond acceptors (Lipinski definition) is 3. The van der Waals surface area contributed by atoms with E-state index < -0.39 is 12.1 Å². The second-order valence-electron chi connectivity index (χ2n) is 1.01. The van der Waals surface area contributed by atoms with Crippen molar-refractivity contribution in [1.29, 1.82) is 0 Å². The molecule has 1 radical (unpaired) electrons. The normalized spacial score (nSPS) is 7.56. The third-order valence-corrected chi connectivity index (χ3v) is 0.402. The van der Waals surface area contributed by atoms with Crippen molar-refractivity contribution >= 4 is 12.1 Å². The number of carbonyl (C=O) groups excluding carboxylic acids is 2. The lowest BCUT2D eigenvalue weighted by Crippen LogP contribution is -2.22. The summed E-state index contributed by atoms with van der Waals surface area (Å²) in [6.07, 6.45) is -0.860. The summed E-state index contributed by atoms with van der Waals surface area (Å²) in [5, 5.41) is 9.49. The van der Waals surface area contributed by atoms with Crippen LogP contribution in [-0.2, 0) is 14.7 Å². The molecule has 0 aromatic rings. The molecule has 0 rings (SSSR count). The Hall–Kier alpha value is -1.52. The smallest absolute Gasteiger partial charge is 0.333 e. The molecular formula is C4H4NO4. The van der Waals surface area contributed by atoms with Crippen molar-refractivity contribution in [2.75, 3.05) is 0 Å². The third kappa shape index (κ3) is 4.33. The first-order valence-electron chi connectivity index (χ1n) is 1.97. The van der Waals surface area contributed by atoms with Crippen LogP contribution in [0.15, 0.2) is 12.7 Å². The minimum Gasteiger partial charge on any atom is -0.333 e. The predicted octanol–water partition coefficient (Wildman–Crippen LogP) is -0.229. The molecule has 0 aliphatic rings. The van der Waals surface area contributed by atoms with Crippen LogP contribution in [0, 0.1) is 0 Å². The first-order chi connectivity index (χ1) is 4.16. The van der Waals surface area contributed by atoms with Gasteiger partial charge in [0, 0.05) is 6.08 Å². The Morgan fingerprint density at radius 1 is 1.56 bits per heavy atom. The molecule has 49 valence electrons. The van der Waals surface area contributed by atoms with E-state index in [2.05, 4.69) is 11.4 Å². The maximum absolute atomic E-state index is 10.0. The van der Waals surface area contributed by atoms with Gasteiger partial charge in [0.2, 0.25) is 0 Å². The fourth-order valence-electron chi connectivity index (χ4n) is 0.134. The molecule has 0 aliphatic carbocycles. The van der Waals surface area contributed by atoms with E-state index >= 15 is 0 Å². The van der Waals surface area contributed by atoms with Gasteiger partial charge >= 0.3 is 12.1 Å². The van der Waals surface area contributed by atoms with Crippen LogP contribution >= 0.6 is 0 Å². The molecule has 0 saturated carbocycles. The van der Waals surface area contributed by atoms with Crippen molar-refractivity contribution in [3.8, 4) is 0 Å². The lowest BCUT2D eigenvalue weighted by molar-refractivity contribution is -0.143. The lowest BCUT2D eigenvalue weighted by atomic mass is 10.7. The van der Waals surface area contributed by atoms with Crippen molar-refractivity contribution in [3.63, 3.8) is 0 Å². The average molecular weight is 130 g/mol. The van der Waals surface area contributed by atoms with Gasteiger partial charge in [0.25, 0.3) is 0 Å². The van der Waals surface area contributed by atoms with E-state index in [1.807, 2.05) is 0 Å². The van der Waals surface area contributed by atoms with Crippen LogP contribution in [0.1, 0.15) is 0 Å². The molecule has 5 heteroatoms. The molecule has 0 spiro atoms. The Morgan fingerprint density at radius 3 is 2.44 bits per heavy atom. The summed E-state index contributed by atoms with van der Waals surface area (Å²) >= 11 is 0. The fourth-order valence-corrected chi connectivity index (χ4v) is 0.134. The highest BCUT2D eigenvalue weighted by Crippen LogP contribution is 1.72. The number of rotatable bonds is 1. The standard InChI is InChI=1S/C4H4NO4/c1-2-3(6)9-5-4(7)8/h2,5H,1H2. The van der Waals surface area contributed by atoms with Gasteiger partial charge in [0.1, 0.15) is 0 Å². The SMILES string of the molecule is C=CC(=O)ONC([O])=O. The van der Waals surface area contributed by atoms with E-state index in [-0.39, 0.29) is 0 Å². The van der Waals surface area contributed by atoms with Gasteiger partial charge in [-0.3, -0.25) is 0 Å². The van der Waals surface area contributed by atoms with Crippen LogP contribution in [0.2, 0.25) is 0 Å². The summed E-state index contributed by atoms with van der Waals surface area (Å²) in [6, 6.07) is 0. The van der Waals surface area contributed by atoms with E-state index in [0.29, 0.717) is 0 Å². The number of amides is 1. The minimum absolute atomic E-state index is 0.815. The first kappa shape index (κ1) is 7.48. The minimum atomic E-state index is -1.68. The largest absolute Gasteiger partial charge is 0.483 e. The molecule has 0 aromatic heterocycles. The van der Waals surface area contributed by atoms with Gasteiger partial charge in [0.15, 0.2) is 0 Å². The lowest BCUT2D eigenvalue weighted by Gasteiger charge is -1.93. The van der Waals surface area contributed by atoms with Gasteiger partial charge in [-0.1, -0.05) is 6.58 Å². The van der Waals surface area contributed by atoms with Gasteiger partial charge < -0.3 is 4.84 Å². The monoisotopic (exact) mass is 130 g/mol. The molecule has 0 aliphatic heterocycles. The van der Waals surface area contributed by atoms with Crippen molar-refractivity contribution in [1.82, 2.24) is 5.48 Å². The second-order valence-corrected chi connectivity index (χ2v) is 1.01. The van der Waals surface area contributed by atoms with E-state index in [1.165, 1.54) is 5.48 Å². The highest BCUT2D eigenvalue weighted by Gasteiger charge is 1.99. The van der Waals surface area contributed by atoms with Crippen LogP contribution in [0.25, 0.3) is 0 Å². The van der Waals surface area contributed by atoms with Crippen molar-refractivity contribution in [2.24, 2.45) is 0 Å². The summed E-state index contributed by atoms with van der Waals surface area (Å²) in [6.45, 7) is 3.01. The molecule has 0 atom stereocenters. The maximum atomic E-state index is 10.0. The summed E-state index contributed by atoms with van der Waals surface area (Å²) in [5.41, 5.74) is 1.28. The molecule has 0 bridgehead atoms. The van der Waals surface area contributed by atoms with Gasteiger partial charge in [0.05, 0.1) is 0 Å². The van der Waals surface area contributed by atoms with Gasteiger partial charge in [-0.2, -0.15) is 0 Å². The van der Waals surface area contributed by atoms with Crippen molar-refractivity contribution in [3.05, 3.63) is 12.7 Å². The number of hydrogen-bond donors (Lipinski definition) is 1. The second kappa shape index (κ2) is 3.48. The Kier molecular flexibility index (Phi) is 2.89. The summed E-state index contributed by atoms with van der Waals surface area (Å²) < 4.78 is 0. The highest BCUT2D eigenvalue weighted by atomic mass is 16.7. The molecule has 1 amide bonds. The van der Waals surface area contributed by atoms with E-state index in [0.717, 1.165) is 6.08 Å². The quantitative estimate of drug-likeness (QED) is 0.393. The van der Waals surface area contributed by atoms with Crippen molar-refractivity contribution in [2.45, 2.75) is 0 Å². The van der Waals surface area contributed by atoms with E-state index in [4.69, 9.17) is 0 Å². The first-order valence-corrected chi connectivity index (χ1v) is 1.97. The molecular weight excluding hydrogens is 126 g/mol. The molecule has 9 heavy (non-hydrogen) atoms. The zero-order chi connectivity index (χ0) is 7.28. The number of hydroxylamine groups is 1. The van der Waals surface area contributed by atoms with Gasteiger partial charge in [-0.15, -0.1) is 5.48 Å². The molecule has 5 nitrogen and oxygen atoms in total. The number of nitrogens with one attached hydrogen (secondary N) is 1. The third-order valence-electron chi connectivity index (χ3n) is 0.402. The van der Waals surface area contributed by atoms with Crippen LogP contribution in [-0.4, -0.2) is 12.1 Å². The Morgan fingerprint density at radius 2 is 2.11 bits per heavy atom. The average Bonchev–Trinajstić information content (AvgIpc) is 1.83. The Labute approximate surface area is 50.9 Å². The van der Waals surface area contributed by atoms with Crippen LogP contribution in [0.4, 0.5) is 4.79 Å². The fraction of sp³-hybridized carbons (Fsp3) is 0. The zero-order valence-corrected chi connectivity index (χ0v) is 4.42. The van der Waals surface area contributed by atoms with Crippen molar-refractivity contribution < 1.29 is 19.5 Å². The predicted molar refractivity (Wildman–Crippen MR) is 25.5 cm³/mol. The zero-order valence-electron chi connectivity index (χ0n) is 4.42. The summed E-state index contributed by atoms with van der Waals surface area (Å²) in [5.74, 6) is -0.876. The molecule has 0 unspecified atom stereocenters. The maximum Gasteiger partial charge on any atom is 0.483 e. The van der Waals surface area contributed by atoms with E-state index in [9.17, 15) is 14.7 Å². The van der Waals surface area contributed by atoms with Gasteiger partial charge in [-0.25, -0.2) is 14.7 Å². The molecule has 0 aromatic carbocycles. The molecule has 1 N–H and O–H groups in total. The van der Waals surface area contributed by atoms with E-state index in [1.54, 1.807) is 0 Å². The van der Waals surface area contributed by atoms with Gasteiger partial charge in [-0.05, 0) is 0 Å². The highest BCUT2D eigenvalue weighted by molar-refractivity contribution is 5.82. The Bertz CT molecular complexity index is 142. The summed E-state index contributed by atoms with van der Waals surface area (Å²) in [7, 11) is 0.